The molecule has 0 fully saturated rings. The van der Waals surface area contributed by atoms with Gasteiger partial charge in [0.15, 0.2) is 0 Å². The number of para-hydroxylation sites is 1. The van der Waals surface area contributed by atoms with Gasteiger partial charge in [-0.1, -0.05) is 25.5 Å². The Labute approximate surface area is 105 Å². The molecule has 2 rings (SSSR count). The second-order valence-corrected chi connectivity index (χ2v) is 5.73. The zero-order chi connectivity index (χ0) is 11.4. The predicted octanol–water partition coefficient (Wildman–Crippen LogP) is 4.64. The maximum Gasteiger partial charge on any atom is 0.0939 e. The van der Waals surface area contributed by atoms with E-state index < -0.39 is 0 Å². The van der Waals surface area contributed by atoms with Crippen molar-refractivity contribution in [2.24, 2.45) is 0 Å². The summed E-state index contributed by atoms with van der Waals surface area (Å²) in [5, 5.41) is 1.51. The van der Waals surface area contributed by atoms with Crippen LogP contribution in [-0.4, -0.2) is 10.4 Å². The monoisotopic (exact) mass is 253 g/mol. The molecule has 0 aliphatic carbocycles. The molecule has 2 aromatic rings. The number of thiazole rings is 1. The fraction of sp³-hybridized carbons (Fsp3) is 0.462. The lowest BCUT2D eigenvalue weighted by atomic mass is 10.1. The zero-order valence-corrected chi connectivity index (χ0v) is 11.0. The molecule has 0 N–H and O–H groups in total. The molecular weight excluding hydrogens is 238 g/mol. The van der Waals surface area contributed by atoms with Gasteiger partial charge in [0.25, 0.3) is 0 Å². The summed E-state index contributed by atoms with van der Waals surface area (Å²) in [4.78, 5) is 4.60. The molecule has 0 saturated heterocycles. The topological polar surface area (TPSA) is 12.9 Å². The Balaban J connectivity index is 1.99. The van der Waals surface area contributed by atoms with Crippen molar-refractivity contribution in [3.05, 3.63) is 29.3 Å². The summed E-state index contributed by atoms with van der Waals surface area (Å²) in [6, 6.07) is 8.29. The largest absolute Gasteiger partial charge is 0.241 e. The average molecular weight is 254 g/mol. The Bertz CT molecular complexity index is 419. The van der Waals surface area contributed by atoms with E-state index in [2.05, 4.69) is 30.1 Å². The standard InChI is InChI=1S/C13H16ClNS/c1-2-5-10(14)8-9-13-15-11-6-3-4-7-12(11)16-13/h3-4,6-7,10H,2,5,8-9H2,1H3. The predicted molar refractivity (Wildman–Crippen MR) is 72.5 cm³/mol. The molecule has 0 saturated carbocycles. The third-order valence-corrected chi connectivity index (χ3v) is 4.14. The van der Waals surface area contributed by atoms with Crippen LogP contribution in [0.15, 0.2) is 24.3 Å². The van der Waals surface area contributed by atoms with Gasteiger partial charge in [-0.2, -0.15) is 0 Å². The Hall–Kier alpha value is -0.600. The molecule has 3 heteroatoms. The average Bonchev–Trinajstić information content (AvgIpc) is 2.69. The van der Waals surface area contributed by atoms with Gasteiger partial charge in [-0.05, 0) is 25.0 Å². The molecule has 86 valence electrons. The molecule has 1 aromatic heterocycles. The van der Waals surface area contributed by atoms with E-state index in [9.17, 15) is 0 Å². The van der Waals surface area contributed by atoms with Crippen LogP contribution in [0.4, 0.5) is 0 Å². The lowest BCUT2D eigenvalue weighted by Gasteiger charge is -2.04. The van der Waals surface area contributed by atoms with Crippen LogP contribution in [0.1, 0.15) is 31.2 Å². The summed E-state index contributed by atoms with van der Waals surface area (Å²) >= 11 is 7.99. The Morgan fingerprint density at radius 1 is 1.31 bits per heavy atom. The van der Waals surface area contributed by atoms with Gasteiger partial charge in [-0.3, -0.25) is 0 Å². The second-order valence-electron chi connectivity index (χ2n) is 4.00. The number of hydrogen-bond donors (Lipinski definition) is 0. The maximum atomic E-state index is 6.21. The third-order valence-electron chi connectivity index (χ3n) is 2.61. The van der Waals surface area contributed by atoms with Crippen LogP contribution >= 0.6 is 22.9 Å². The van der Waals surface area contributed by atoms with Crippen LogP contribution in [-0.2, 0) is 6.42 Å². The normalized spacial score (nSPS) is 13.1. The molecule has 0 radical (unpaired) electrons. The van der Waals surface area contributed by atoms with Crippen molar-refractivity contribution in [1.29, 1.82) is 0 Å². The first-order valence-corrected chi connectivity index (χ1v) is 7.03. The summed E-state index contributed by atoms with van der Waals surface area (Å²) in [5.41, 5.74) is 1.11. The fourth-order valence-electron chi connectivity index (χ4n) is 1.76. The summed E-state index contributed by atoms with van der Waals surface area (Å²) < 4.78 is 1.28. The van der Waals surface area contributed by atoms with Gasteiger partial charge in [0.1, 0.15) is 0 Å². The number of fused-ring (bicyclic) bond motifs is 1. The Morgan fingerprint density at radius 3 is 2.88 bits per heavy atom. The van der Waals surface area contributed by atoms with Crippen LogP contribution in [0.5, 0.6) is 0 Å². The molecule has 1 heterocycles. The van der Waals surface area contributed by atoms with Crippen LogP contribution in [0, 0.1) is 0 Å². The molecule has 0 bridgehead atoms. The van der Waals surface area contributed by atoms with Gasteiger partial charge in [0.2, 0.25) is 0 Å². The Kier molecular flexibility index (Phi) is 4.19. The van der Waals surface area contributed by atoms with E-state index in [1.807, 2.05) is 6.07 Å². The van der Waals surface area contributed by atoms with Gasteiger partial charge in [0, 0.05) is 11.8 Å². The van der Waals surface area contributed by atoms with Crippen LogP contribution in [0.25, 0.3) is 10.2 Å². The third kappa shape index (κ3) is 2.96. The lowest BCUT2D eigenvalue weighted by molar-refractivity contribution is 0.675. The van der Waals surface area contributed by atoms with Gasteiger partial charge in [-0.15, -0.1) is 22.9 Å². The first-order chi connectivity index (χ1) is 7.79. The summed E-state index contributed by atoms with van der Waals surface area (Å²) in [6.45, 7) is 2.17. The molecule has 1 aromatic carbocycles. The smallest absolute Gasteiger partial charge is 0.0939 e. The summed E-state index contributed by atoms with van der Waals surface area (Å²) in [6.07, 6.45) is 4.31. The number of aryl methyl sites for hydroxylation is 1. The van der Waals surface area contributed by atoms with Crippen LogP contribution < -0.4 is 0 Å². The second kappa shape index (κ2) is 5.65. The van der Waals surface area contributed by atoms with Crippen molar-refractivity contribution >= 4 is 33.2 Å². The zero-order valence-electron chi connectivity index (χ0n) is 9.45. The van der Waals surface area contributed by atoms with E-state index >= 15 is 0 Å². The first-order valence-electron chi connectivity index (χ1n) is 5.78. The van der Waals surface area contributed by atoms with E-state index in [1.165, 1.54) is 9.71 Å². The highest BCUT2D eigenvalue weighted by atomic mass is 35.5. The van der Waals surface area contributed by atoms with Crippen LogP contribution in [0.3, 0.4) is 0 Å². The lowest BCUT2D eigenvalue weighted by Crippen LogP contribution is -1.99. The molecular formula is C13H16ClNS. The van der Waals surface area contributed by atoms with Crippen molar-refractivity contribution in [2.75, 3.05) is 0 Å². The molecule has 0 aliphatic rings. The maximum absolute atomic E-state index is 6.21. The van der Waals surface area contributed by atoms with Crippen molar-refractivity contribution in [3.8, 4) is 0 Å². The van der Waals surface area contributed by atoms with Crippen LogP contribution in [0.2, 0.25) is 0 Å². The molecule has 0 aliphatic heterocycles. The molecule has 1 unspecified atom stereocenters. The highest BCUT2D eigenvalue weighted by Gasteiger charge is 2.07. The number of nitrogens with zero attached hydrogens (tertiary/aromatic N) is 1. The molecule has 16 heavy (non-hydrogen) atoms. The van der Waals surface area contributed by atoms with Gasteiger partial charge in [0.05, 0.1) is 15.2 Å². The van der Waals surface area contributed by atoms with Crippen molar-refractivity contribution in [1.82, 2.24) is 4.98 Å². The highest BCUT2D eigenvalue weighted by Crippen LogP contribution is 2.23. The van der Waals surface area contributed by atoms with E-state index in [4.69, 9.17) is 11.6 Å². The van der Waals surface area contributed by atoms with Crippen molar-refractivity contribution in [3.63, 3.8) is 0 Å². The fourth-order valence-corrected chi connectivity index (χ4v) is 3.07. The van der Waals surface area contributed by atoms with Crippen molar-refractivity contribution in [2.45, 2.75) is 38.0 Å². The first kappa shape index (κ1) is 11.9. The van der Waals surface area contributed by atoms with Gasteiger partial charge in [-0.25, -0.2) is 4.98 Å². The number of aromatic nitrogens is 1. The number of benzene rings is 1. The minimum Gasteiger partial charge on any atom is -0.241 e. The Morgan fingerprint density at radius 2 is 2.12 bits per heavy atom. The summed E-state index contributed by atoms with van der Waals surface area (Å²) in [5.74, 6) is 0. The number of rotatable bonds is 5. The molecule has 1 nitrogen and oxygen atoms in total. The van der Waals surface area contributed by atoms with Gasteiger partial charge >= 0.3 is 0 Å². The molecule has 1 atom stereocenters. The quantitative estimate of drug-likeness (QED) is 0.708. The van der Waals surface area contributed by atoms with E-state index in [0.717, 1.165) is 31.2 Å². The van der Waals surface area contributed by atoms with Crippen molar-refractivity contribution < 1.29 is 0 Å². The van der Waals surface area contributed by atoms with Gasteiger partial charge < -0.3 is 0 Å². The minimum atomic E-state index is 0.303. The number of halogens is 1. The molecule has 0 spiro atoms. The SMILES string of the molecule is CCCC(Cl)CCc1nc2ccccc2s1. The minimum absolute atomic E-state index is 0.303. The highest BCUT2D eigenvalue weighted by molar-refractivity contribution is 7.18. The molecule has 0 amide bonds. The number of alkyl halides is 1. The van der Waals surface area contributed by atoms with E-state index in [1.54, 1.807) is 11.3 Å². The number of hydrogen-bond acceptors (Lipinski definition) is 2. The van der Waals surface area contributed by atoms with E-state index in [0.29, 0.717) is 5.38 Å². The van der Waals surface area contributed by atoms with E-state index in [-0.39, 0.29) is 0 Å². The summed E-state index contributed by atoms with van der Waals surface area (Å²) in [7, 11) is 0.